The van der Waals surface area contributed by atoms with Gasteiger partial charge in [-0.3, -0.25) is 19.2 Å². The number of hydrogen-bond acceptors (Lipinski definition) is 12. The summed E-state index contributed by atoms with van der Waals surface area (Å²) in [6.07, 6.45) is -2.96. The molecule has 1 saturated carbocycles. The van der Waals surface area contributed by atoms with Crippen molar-refractivity contribution in [3.63, 3.8) is 0 Å². The second-order valence-corrected chi connectivity index (χ2v) is 10.1. The highest BCUT2D eigenvalue weighted by Gasteiger charge is 2.60. The van der Waals surface area contributed by atoms with Gasteiger partial charge in [0.2, 0.25) is 11.9 Å². The van der Waals surface area contributed by atoms with Crippen molar-refractivity contribution in [2.75, 3.05) is 13.7 Å². The van der Waals surface area contributed by atoms with Crippen LogP contribution in [0.5, 0.6) is 5.75 Å². The first-order chi connectivity index (χ1) is 18.8. The number of hydrogen-bond donors (Lipinski definition) is 1. The number of benzene rings is 1. The van der Waals surface area contributed by atoms with E-state index >= 15 is 0 Å². The van der Waals surface area contributed by atoms with E-state index in [-0.39, 0.29) is 28.5 Å². The van der Waals surface area contributed by atoms with Crippen LogP contribution in [0, 0.1) is 0 Å². The Hall–Kier alpha value is -2.93. The highest BCUT2D eigenvalue weighted by atomic mass is 35.5. The Labute approximate surface area is 237 Å². The van der Waals surface area contributed by atoms with E-state index in [4.69, 9.17) is 44.8 Å². The second kappa shape index (κ2) is 13.6. The number of aliphatic hydroxyl groups is 1. The van der Waals surface area contributed by atoms with Crippen LogP contribution in [0.3, 0.4) is 0 Å². The molecule has 1 N–H and O–H groups in total. The zero-order valence-electron chi connectivity index (χ0n) is 23.0. The molecule has 13 heteroatoms. The molecular formula is C27H35ClO12. The molecule has 12 nitrogen and oxygen atoms in total. The number of ether oxygens (including phenoxy) is 7. The minimum Gasteiger partial charge on any atom is -0.489 e. The standard InChI is InChI=1S/C27H35ClO12/c1-14(29)35-13-23-24(36-15(2)30)25(37-16(3)31)26(38-17(4)32)27(33,40-23)18-6-11-21(28)22(12-18)39-20-9-7-19(34-5)8-10-20/h6,11-12,19-20,23-26,33H,7-10,13H2,1-5H3/t19?,20?,23-,24-,25+,26-,27+/m1/s1. The van der Waals surface area contributed by atoms with E-state index in [0.29, 0.717) is 0 Å². The van der Waals surface area contributed by atoms with Crippen LogP contribution in [0.2, 0.25) is 5.02 Å². The maximum atomic E-state index is 12.2. The van der Waals surface area contributed by atoms with Gasteiger partial charge in [-0.25, -0.2) is 0 Å². The summed E-state index contributed by atoms with van der Waals surface area (Å²) < 4.78 is 38.8. The van der Waals surface area contributed by atoms with Crippen molar-refractivity contribution in [1.82, 2.24) is 0 Å². The van der Waals surface area contributed by atoms with E-state index in [1.807, 2.05) is 0 Å². The highest BCUT2D eigenvalue weighted by Crippen LogP contribution is 2.43. The lowest BCUT2D eigenvalue weighted by Gasteiger charge is -2.48. The van der Waals surface area contributed by atoms with Gasteiger partial charge < -0.3 is 38.3 Å². The molecule has 2 fully saturated rings. The van der Waals surface area contributed by atoms with E-state index in [1.165, 1.54) is 18.2 Å². The summed E-state index contributed by atoms with van der Waals surface area (Å²) in [4.78, 5) is 47.8. The number of halogens is 1. The number of carbonyl (C=O) groups excluding carboxylic acids is 4. The maximum absolute atomic E-state index is 12.2. The fourth-order valence-electron chi connectivity index (χ4n) is 4.89. The van der Waals surface area contributed by atoms with Crippen molar-refractivity contribution >= 4 is 35.5 Å². The average Bonchev–Trinajstić information content (AvgIpc) is 2.87. The number of rotatable bonds is 9. The summed E-state index contributed by atoms with van der Waals surface area (Å²) in [5.41, 5.74) is 0.0370. The van der Waals surface area contributed by atoms with Gasteiger partial charge in [0, 0.05) is 40.4 Å². The van der Waals surface area contributed by atoms with Gasteiger partial charge in [-0.15, -0.1) is 0 Å². The Morgan fingerprint density at radius 2 is 1.48 bits per heavy atom. The molecule has 1 heterocycles. The first kappa shape index (κ1) is 31.6. The van der Waals surface area contributed by atoms with Crippen LogP contribution in [0.25, 0.3) is 0 Å². The van der Waals surface area contributed by atoms with E-state index in [2.05, 4.69) is 0 Å². The van der Waals surface area contributed by atoms with E-state index in [1.54, 1.807) is 7.11 Å². The predicted molar refractivity (Wildman–Crippen MR) is 137 cm³/mol. The summed E-state index contributed by atoms with van der Waals surface area (Å²) >= 11 is 6.43. The molecule has 1 aliphatic carbocycles. The van der Waals surface area contributed by atoms with Crippen LogP contribution < -0.4 is 4.74 Å². The zero-order chi connectivity index (χ0) is 29.6. The molecule has 1 aromatic rings. The summed E-state index contributed by atoms with van der Waals surface area (Å²) in [6.45, 7) is 3.96. The molecule has 3 rings (SSSR count). The Morgan fingerprint density at radius 3 is 2.02 bits per heavy atom. The molecule has 5 atom stereocenters. The molecule has 1 saturated heterocycles. The number of esters is 4. The molecule has 0 spiro atoms. The molecule has 0 bridgehead atoms. The monoisotopic (exact) mass is 586 g/mol. The van der Waals surface area contributed by atoms with Gasteiger partial charge in [0.1, 0.15) is 18.5 Å². The number of methoxy groups -OCH3 is 1. The van der Waals surface area contributed by atoms with Crippen LogP contribution in [-0.4, -0.2) is 79.3 Å². The van der Waals surface area contributed by atoms with Gasteiger partial charge in [-0.05, 0) is 37.8 Å². The topological polar surface area (TPSA) is 153 Å². The van der Waals surface area contributed by atoms with Gasteiger partial charge in [0.25, 0.3) is 0 Å². The quantitative estimate of drug-likeness (QED) is 0.334. The van der Waals surface area contributed by atoms with Crippen LogP contribution >= 0.6 is 11.6 Å². The molecule has 2 aliphatic rings. The molecule has 0 amide bonds. The van der Waals surface area contributed by atoms with Crippen molar-refractivity contribution in [3.8, 4) is 5.75 Å². The molecular weight excluding hydrogens is 552 g/mol. The molecule has 0 radical (unpaired) electrons. The Bertz CT molecular complexity index is 1090. The van der Waals surface area contributed by atoms with Gasteiger partial charge in [0.15, 0.2) is 12.2 Å². The van der Waals surface area contributed by atoms with Crippen LogP contribution in [0.15, 0.2) is 18.2 Å². The average molecular weight is 587 g/mol. The molecule has 1 aliphatic heterocycles. The van der Waals surface area contributed by atoms with Gasteiger partial charge >= 0.3 is 23.9 Å². The lowest BCUT2D eigenvalue weighted by Crippen LogP contribution is -2.66. The summed E-state index contributed by atoms with van der Waals surface area (Å²) in [5, 5.41) is 12.3. The third-order valence-electron chi connectivity index (χ3n) is 6.65. The summed E-state index contributed by atoms with van der Waals surface area (Å²) in [7, 11) is 1.67. The van der Waals surface area contributed by atoms with Crippen molar-refractivity contribution in [2.45, 2.75) is 95.8 Å². The van der Waals surface area contributed by atoms with Crippen LogP contribution in [-0.2, 0) is 53.4 Å². The summed E-state index contributed by atoms with van der Waals surface area (Å²) in [5.74, 6) is -5.36. The minimum atomic E-state index is -2.48. The van der Waals surface area contributed by atoms with E-state index < -0.39 is 60.7 Å². The molecule has 40 heavy (non-hydrogen) atoms. The highest BCUT2D eigenvalue weighted by molar-refractivity contribution is 6.32. The lowest BCUT2D eigenvalue weighted by molar-refractivity contribution is -0.360. The van der Waals surface area contributed by atoms with Crippen molar-refractivity contribution in [2.24, 2.45) is 0 Å². The predicted octanol–water partition coefficient (Wildman–Crippen LogP) is 2.58. The Kier molecular flexibility index (Phi) is 10.8. The third-order valence-corrected chi connectivity index (χ3v) is 6.96. The first-order valence-corrected chi connectivity index (χ1v) is 13.3. The fourth-order valence-corrected chi connectivity index (χ4v) is 5.06. The molecule has 0 unspecified atom stereocenters. The lowest BCUT2D eigenvalue weighted by atomic mass is 9.87. The Balaban J connectivity index is 2.05. The van der Waals surface area contributed by atoms with Gasteiger partial charge in [0.05, 0.1) is 17.2 Å². The smallest absolute Gasteiger partial charge is 0.303 e. The SMILES string of the molecule is COC1CCC(Oc2cc([C@]3(O)O[C@H](COC(C)=O)[C@@H](OC(C)=O)[C@H](OC(C)=O)[C@H]3OC(C)=O)ccc2Cl)CC1. The fraction of sp³-hybridized carbons (Fsp3) is 0.630. The van der Waals surface area contributed by atoms with Gasteiger partial charge in [-0.1, -0.05) is 17.7 Å². The zero-order valence-corrected chi connectivity index (χ0v) is 23.8. The Morgan fingerprint density at radius 1 is 0.900 bits per heavy atom. The second-order valence-electron chi connectivity index (χ2n) is 9.73. The van der Waals surface area contributed by atoms with Crippen LogP contribution in [0.1, 0.15) is 58.9 Å². The van der Waals surface area contributed by atoms with Crippen molar-refractivity contribution in [3.05, 3.63) is 28.8 Å². The summed E-state index contributed by atoms with van der Waals surface area (Å²) in [6, 6.07) is 4.33. The van der Waals surface area contributed by atoms with Gasteiger partial charge in [-0.2, -0.15) is 0 Å². The minimum absolute atomic E-state index is 0.0370. The molecule has 1 aromatic carbocycles. The van der Waals surface area contributed by atoms with Crippen LogP contribution in [0.4, 0.5) is 0 Å². The normalized spacial score (nSPS) is 30.1. The largest absolute Gasteiger partial charge is 0.489 e. The van der Waals surface area contributed by atoms with Crippen molar-refractivity contribution < 1.29 is 57.4 Å². The van der Waals surface area contributed by atoms with Crippen molar-refractivity contribution in [1.29, 1.82) is 0 Å². The molecule has 0 aromatic heterocycles. The number of carbonyl (C=O) groups is 4. The maximum Gasteiger partial charge on any atom is 0.303 e. The van der Waals surface area contributed by atoms with E-state index in [0.717, 1.165) is 53.4 Å². The third kappa shape index (κ3) is 7.84. The van der Waals surface area contributed by atoms with E-state index in [9.17, 15) is 24.3 Å². The first-order valence-electron chi connectivity index (χ1n) is 12.9. The molecule has 222 valence electrons.